The SMILES string of the molecule is CC(Cn1cccn1)NC(=O)c1ccc(O)cc1O. The molecule has 0 aliphatic rings. The van der Waals surface area contributed by atoms with Crippen LogP contribution in [-0.2, 0) is 6.54 Å². The number of carbonyl (C=O) groups is 1. The number of amides is 1. The fourth-order valence-electron chi connectivity index (χ4n) is 1.75. The van der Waals surface area contributed by atoms with Gasteiger partial charge < -0.3 is 15.5 Å². The zero-order valence-electron chi connectivity index (χ0n) is 10.4. The molecule has 100 valence electrons. The number of nitrogens with one attached hydrogen (secondary N) is 1. The maximum atomic E-state index is 11.9. The number of hydrogen-bond acceptors (Lipinski definition) is 4. The zero-order valence-corrected chi connectivity index (χ0v) is 10.4. The van der Waals surface area contributed by atoms with Gasteiger partial charge in [-0.05, 0) is 25.1 Å². The van der Waals surface area contributed by atoms with Crippen LogP contribution in [0.1, 0.15) is 17.3 Å². The number of phenolic OH excluding ortho intramolecular Hbond substituents is 2. The number of nitrogens with zero attached hydrogens (tertiary/aromatic N) is 2. The molecule has 19 heavy (non-hydrogen) atoms. The first kappa shape index (κ1) is 12.9. The topological polar surface area (TPSA) is 87.4 Å². The normalized spacial score (nSPS) is 12.1. The number of rotatable bonds is 4. The smallest absolute Gasteiger partial charge is 0.255 e. The fraction of sp³-hybridized carbons (Fsp3) is 0.231. The molecule has 2 aromatic rings. The summed E-state index contributed by atoms with van der Waals surface area (Å²) in [4.78, 5) is 11.9. The van der Waals surface area contributed by atoms with E-state index < -0.39 is 5.91 Å². The molecule has 1 aromatic carbocycles. The van der Waals surface area contributed by atoms with Crippen molar-refractivity contribution < 1.29 is 15.0 Å². The molecule has 2 rings (SSSR count). The van der Waals surface area contributed by atoms with Crippen LogP contribution in [0.2, 0.25) is 0 Å². The van der Waals surface area contributed by atoms with Crippen LogP contribution in [0.15, 0.2) is 36.7 Å². The minimum absolute atomic E-state index is 0.0846. The second-order valence-corrected chi connectivity index (χ2v) is 4.30. The molecule has 0 fully saturated rings. The highest BCUT2D eigenvalue weighted by molar-refractivity contribution is 5.97. The van der Waals surface area contributed by atoms with E-state index in [1.165, 1.54) is 12.1 Å². The van der Waals surface area contributed by atoms with E-state index >= 15 is 0 Å². The van der Waals surface area contributed by atoms with Crippen molar-refractivity contribution in [3.63, 3.8) is 0 Å². The Bertz CT molecular complexity index is 567. The van der Waals surface area contributed by atoms with E-state index in [-0.39, 0.29) is 23.1 Å². The third-order valence-corrected chi connectivity index (χ3v) is 2.62. The lowest BCUT2D eigenvalue weighted by Gasteiger charge is -2.14. The third kappa shape index (κ3) is 3.25. The van der Waals surface area contributed by atoms with Crippen LogP contribution in [0.25, 0.3) is 0 Å². The van der Waals surface area contributed by atoms with Crippen molar-refractivity contribution in [3.8, 4) is 11.5 Å². The molecule has 1 amide bonds. The highest BCUT2D eigenvalue weighted by Gasteiger charge is 2.14. The Morgan fingerprint density at radius 1 is 1.47 bits per heavy atom. The summed E-state index contributed by atoms with van der Waals surface area (Å²) in [6, 6.07) is 5.53. The molecule has 1 heterocycles. The quantitative estimate of drug-likeness (QED) is 0.769. The zero-order chi connectivity index (χ0) is 13.8. The molecule has 1 unspecified atom stereocenters. The molecule has 0 aliphatic heterocycles. The average Bonchev–Trinajstić information content (AvgIpc) is 2.81. The second kappa shape index (κ2) is 5.43. The van der Waals surface area contributed by atoms with Crippen molar-refractivity contribution in [2.24, 2.45) is 0 Å². The monoisotopic (exact) mass is 261 g/mol. The lowest BCUT2D eigenvalue weighted by atomic mass is 10.1. The van der Waals surface area contributed by atoms with Crippen molar-refractivity contribution in [2.45, 2.75) is 19.5 Å². The fourth-order valence-corrected chi connectivity index (χ4v) is 1.75. The molecule has 3 N–H and O–H groups in total. The predicted octanol–water partition coefficient (Wildman–Crippen LogP) is 1.11. The summed E-state index contributed by atoms with van der Waals surface area (Å²) in [5.74, 6) is -0.723. The van der Waals surface area contributed by atoms with Crippen LogP contribution in [-0.4, -0.2) is 31.9 Å². The van der Waals surface area contributed by atoms with E-state index in [4.69, 9.17) is 5.11 Å². The highest BCUT2D eigenvalue weighted by atomic mass is 16.3. The molecule has 1 atom stereocenters. The maximum Gasteiger partial charge on any atom is 0.255 e. The molecule has 0 radical (unpaired) electrons. The lowest BCUT2D eigenvalue weighted by molar-refractivity contribution is 0.0933. The Labute approximate surface area is 110 Å². The first-order valence-corrected chi connectivity index (χ1v) is 5.86. The Morgan fingerprint density at radius 3 is 2.89 bits per heavy atom. The first-order valence-electron chi connectivity index (χ1n) is 5.86. The van der Waals surface area contributed by atoms with Gasteiger partial charge in [0.1, 0.15) is 11.5 Å². The molecule has 0 bridgehead atoms. The van der Waals surface area contributed by atoms with E-state index in [2.05, 4.69) is 10.4 Å². The number of phenols is 2. The van der Waals surface area contributed by atoms with Gasteiger partial charge >= 0.3 is 0 Å². The van der Waals surface area contributed by atoms with Crippen molar-refractivity contribution >= 4 is 5.91 Å². The van der Waals surface area contributed by atoms with E-state index in [1.807, 2.05) is 6.92 Å². The number of carbonyl (C=O) groups excluding carboxylic acids is 1. The third-order valence-electron chi connectivity index (χ3n) is 2.62. The molecule has 0 spiro atoms. The van der Waals surface area contributed by atoms with Crippen LogP contribution in [0.3, 0.4) is 0 Å². The number of aromatic hydroxyl groups is 2. The van der Waals surface area contributed by atoms with Crippen molar-refractivity contribution in [3.05, 3.63) is 42.2 Å². The summed E-state index contributed by atoms with van der Waals surface area (Å²) in [6.45, 7) is 2.38. The molecule has 0 saturated heterocycles. The molecule has 6 heteroatoms. The molecular weight excluding hydrogens is 246 g/mol. The van der Waals surface area contributed by atoms with Crippen LogP contribution in [0.4, 0.5) is 0 Å². The van der Waals surface area contributed by atoms with E-state index in [9.17, 15) is 9.90 Å². The largest absolute Gasteiger partial charge is 0.508 e. The lowest BCUT2D eigenvalue weighted by Crippen LogP contribution is -2.35. The Balaban J connectivity index is 2.00. The second-order valence-electron chi connectivity index (χ2n) is 4.30. The van der Waals surface area contributed by atoms with Gasteiger partial charge in [-0.2, -0.15) is 5.10 Å². The first-order chi connectivity index (χ1) is 9.06. The van der Waals surface area contributed by atoms with Crippen molar-refractivity contribution in [2.75, 3.05) is 0 Å². The summed E-state index contributed by atoms with van der Waals surface area (Å²) >= 11 is 0. The van der Waals surface area contributed by atoms with Gasteiger partial charge in [-0.3, -0.25) is 9.48 Å². The Hall–Kier alpha value is -2.50. The van der Waals surface area contributed by atoms with Crippen LogP contribution in [0, 0.1) is 0 Å². The van der Waals surface area contributed by atoms with E-state index in [0.717, 1.165) is 6.07 Å². The summed E-state index contributed by atoms with van der Waals surface area (Å²) in [5, 5.41) is 25.6. The Morgan fingerprint density at radius 2 is 2.26 bits per heavy atom. The molecule has 1 aromatic heterocycles. The summed E-state index contributed by atoms with van der Waals surface area (Å²) in [5.41, 5.74) is 0.130. The number of hydrogen-bond donors (Lipinski definition) is 3. The van der Waals surface area contributed by atoms with E-state index in [1.54, 1.807) is 23.1 Å². The van der Waals surface area contributed by atoms with E-state index in [0.29, 0.717) is 6.54 Å². The van der Waals surface area contributed by atoms with Gasteiger partial charge in [0, 0.05) is 24.5 Å². The summed E-state index contributed by atoms with van der Waals surface area (Å²) < 4.78 is 1.71. The maximum absolute atomic E-state index is 11.9. The van der Waals surface area contributed by atoms with Crippen molar-refractivity contribution in [1.82, 2.24) is 15.1 Å². The van der Waals surface area contributed by atoms with Gasteiger partial charge in [0.05, 0.1) is 12.1 Å². The van der Waals surface area contributed by atoms with Gasteiger partial charge in [-0.15, -0.1) is 0 Å². The van der Waals surface area contributed by atoms with Gasteiger partial charge in [-0.25, -0.2) is 0 Å². The molecular formula is C13H15N3O3. The summed E-state index contributed by atoms with van der Waals surface area (Å²) in [6.07, 6.45) is 3.47. The minimum Gasteiger partial charge on any atom is -0.508 e. The number of aromatic nitrogens is 2. The van der Waals surface area contributed by atoms with Gasteiger partial charge in [-0.1, -0.05) is 0 Å². The van der Waals surface area contributed by atoms with Gasteiger partial charge in [0.15, 0.2) is 0 Å². The van der Waals surface area contributed by atoms with Gasteiger partial charge in [0.2, 0.25) is 0 Å². The number of benzene rings is 1. The standard InChI is InChI=1S/C13H15N3O3/c1-9(8-16-6-2-5-14-16)15-13(19)11-4-3-10(17)7-12(11)18/h2-7,9,17-18H,8H2,1H3,(H,15,19). The predicted molar refractivity (Wildman–Crippen MR) is 68.9 cm³/mol. The van der Waals surface area contributed by atoms with Gasteiger partial charge in [0.25, 0.3) is 5.91 Å². The molecule has 0 aliphatic carbocycles. The Kier molecular flexibility index (Phi) is 3.70. The minimum atomic E-state index is -0.392. The summed E-state index contributed by atoms with van der Waals surface area (Å²) in [7, 11) is 0. The molecule has 0 saturated carbocycles. The van der Waals surface area contributed by atoms with Crippen LogP contribution < -0.4 is 5.32 Å². The molecule has 6 nitrogen and oxygen atoms in total. The van der Waals surface area contributed by atoms with Crippen molar-refractivity contribution in [1.29, 1.82) is 0 Å². The highest BCUT2D eigenvalue weighted by Crippen LogP contribution is 2.22. The van der Waals surface area contributed by atoms with Crippen LogP contribution >= 0.6 is 0 Å². The van der Waals surface area contributed by atoms with Crippen LogP contribution in [0.5, 0.6) is 11.5 Å². The average molecular weight is 261 g/mol.